The molecule has 14 heteroatoms. The Labute approximate surface area is 257 Å². The molecular weight excluding hydrogens is 604 g/mol. The zero-order chi connectivity index (χ0) is 31.1. The summed E-state index contributed by atoms with van der Waals surface area (Å²) in [5, 5.41) is 5.42. The second kappa shape index (κ2) is 14.4. The fourth-order valence-corrected chi connectivity index (χ4v) is 7.44. The van der Waals surface area contributed by atoms with Crippen LogP contribution < -0.4 is 15.4 Å². The number of amides is 4. The first-order valence-electron chi connectivity index (χ1n) is 14.6. The second-order valence-corrected chi connectivity index (χ2v) is 15.6. The van der Waals surface area contributed by atoms with Crippen LogP contribution in [-0.4, -0.2) is 66.9 Å². The van der Waals surface area contributed by atoms with Crippen molar-refractivity contribution >= 4 is 56.8 Å². The van der Waals surface area contributed by atoms with Gasteiger partial charge >= 0.3 is 6.09 Å². The lowest BCUT2D eigenvalue weighted by Crippen LogP contribution is -2.57. The largest absolute Gasteiger partial charge is 0.444 e. The van der Waals surface area contributed by atoms with Crippen molar-refractivity contribution in [1.29, 1.82) is 0 Å². The molecule has 1 aromatic rings. The summed E-state index contributed by atoms with van der Waals surface area (Å²) in [6.45, 7) is 7.68. The Morgan fingerprint density at radius 1 is 1.12 bits per heavy atom. The molecule has 0 aromatic carbocycles. The van der Waals surface area contributed by atoms with Gasteiger partial charge < -0.3 is 20.3 Å². The molecule has 0 bridgehead atoms. The van der Waals surface area contributed by atoms with Gasteiger partial charge in [-0.15, -0.1) is 11.3 Å². The maximum atomic E-state index is 13.7. The Morgan fingerprint density at radius 2 is 1.79 bits per heavy atom. The molecule has 1 aliphatic heterocycles. The zero-order valence-corrected chi connectivity index (χ0v) is 27.2. The van der Waals surface area contributed by atoms with Crippen molar-refractivity contribution in [2.24, 2.45) is 0 Å². The van der Waals surface area contributed by atoms with E-state index < -0.39 is 51.2 Å². The van der Waals surface area contributed by atoms with Gasteiger partial charge in [0.25, 0.3) is 15.9 Å². The van der Waals surface area contributed by atoms with Crippen molar-refractivity contribution in [3.8, 4) is 0 Å². The number of hydrogen-bond donors (Lipinski definition) is 3. The standard InChI is InChI=1S/C28H43ClN4O7S2/c1-5-6-7-8-9-10-12-19(30-26(37)40-27(2,3)4)24(35)33-18-11-13-20(33)23(34)31-28(16-17-28)25(36)32-42(38,39)22-15-14-21(29)41-22/h14-15,19-20H,5-13,16-18H2,1-4H3,(H,30,37)(H,31,34)(H,32,36)/t19-,20-/m0/s1. The molecule has 0 spiro atoms. The van der Waals surface area contributed by atoms with Crippen LogP contribution in [0.5, 0.6) is 0 Å². The average Bonchev–Trinajstić information content (AvgIpc) is 3.28. The molecule has 236 valence electrons. The Bertz CT molecular complexity index is 1240. The maximum absolute atomic E-state index is 13.7. The summed E-state index contributed by atoms with van der Waals surface area (Å²) in [5.41, 5.74) is -2.11. The highest BCUT2D eigenvalue weighted by Gasteiger charge is 2.54. The second-order valence-electron chi connectivity index (χ2n) is 12.0. The molecule has 2 aliphatic rings. The highest BCUT2D eigenvalue weighted by Crippen LogP contribution is 2.37. The highest BCUT2D eigenvalue weighted by molar-refractivity contribution is 7.92. The summed E-state index contributed by atoms with van der Waals surface area (Å²) in [6.07, 6.45) is 7.29. The third-order valence-electron chi connectivity index (χ3n) is 7.26. The van der Waals surface area contributed by atoms with E-state index in [0.717, 1.165) is 49.9 Å². The van der Waals surface area contributed by atoms with Gasteiger partial charge in [-0.1, -0.05) is 57.0 Å². The minimum Gasteiger partial charge on any atom is -0.444 e. The number of sulfonamides is 1. The van der Waals surface area contributed by atoms with Gasteiger partial charge in [0.05, 0.1) is 4.34 Å². The van der Waals surface area contributed by atoms with E-state index in [1.54, 1.807) is 20.8 Å². The van der Waals surface area contributed by atoms with Crippen molar-refractivity contribution in [2.45, 2.75) is 126 Å². The van der Waals surface area contributed by atoms with E-state index in [4.69, 9.17) is 16.3 Å². The van der Waals surface area contributed by atoms with Crippen molar-refractivity contribution in [2.75, 3.05) is 6.54 Å². The predicted octanol–water partition coefficient (Wildman–Crippen LogP) is 4.49. The normalized spacial score (nSPS) is 18.7. The molecule has 4 amide bonds. The van der Waals surface area contributed by atoms with E-state index in [1.807, 2.05) is 4.72 Å². The van der Waals surface area contributed by atoms with Gasteiger partial charge in [0.1, 0.15) is 27.4 Å². The van der Waals surface area contributed by atoms with E-state index in [9.17, 15) is 27.6 Å². The molecule has 11 nitrogen and oxygen atoms in total. The van der Waals surface area contributed by atoms with Gasteiger partial charge in [0.15, 0.2) is 0 Å². The van der Waals surface area contributed by atoms with Crippen LogP contribution in [0.2, 0.25) is 4.34 Å². The highest BCUT2D eigenvalue weighted by atomic mass is 35.5. The van der Waals surface area contributed by atoms with Crippen LogP contribution in [0.4, 0.5) is 4.79 Å². The van der Waals surface area contributed by atoms with Crippen molar-refractivity contribution in [3.63, 3.8) is 0 Å². The molecule has 1 saturated heterocycles. The molecule has 0 unspecified atom stereocenters. The SMILES string of the molecule is CCCCCCCC[C@H](NC(=O)OC(C)(C)C)C(=O)N1CCC[C@H]1C(=O)NC1(C(=O)NS(=O)(=O)c2ccc(Cl)s2)CC1. The molecule has 42 heavy (non-hydrogen) atoms. The number of carbonyl (C=O) groups excluding carboxylic acids is 4. The molecule has 1 saturated carbocycles. The Balaban J connectivity index is 1.65. The predicted molar refractivity (Wildman–Crippen MR) is 161 cm³/mol. The van der Waals surface area contributed by atoms with Crippen LogP contribution in [0.25, 0.3) is 0 Å². The number of nitrogens with one attached hydrogen (secondary N) is 3. The van der Waals surface area contributed by atoms with E-state index in [1.165, 1.54) is 17.0 Å². The minimum absolute atomic E-state index is 0.107. The van der Waals surface area contributed by atoms with E-state index >= 15 is 0 Å². The minimum atomic E-state index is -4.15. The third kappa shape index (κ3) is 9.57. The molecule has 3 N–H and O–H groups in total. The van der Waals surface area contributed by atoms with E-state index in [-0.39, 0.29) is 27.3 Å². The summed E-state index contributed by atoms with van der Waals surface area (Å²) >= 11 is 6.66. The number of likely N-dealkylation sites (tertiary alicyclic amines) is 1. The maximum Gasteiger partial charge on any atom is 0.408 e. The van der Waals surface area contributed by atoms with E-state index in [0.29, 0.717) is 25.8 Å². The fraction of sp³-hybridized carbons (Fsp3) is 0.714. The number of alkyl carbamates (subject to hydrolysis) is 1. The molecule has 3 rings (SSSR count). The molecule has 2 atom stereocenters. The summed E-state index contributed by atoms with van der Waals surface area (Å²) in [6, 6.07) is 1.02. The number of nitrogens with zero attached hydrogens (tertiary/aromatic N) is 1. The first kappa shape index (κ1) is 34.1. The van der Waals surface area contributed by atoms with Crippen LogP contribution in [0.3, 0.4) is 0 Å². The van der Waals surface area contributed by atoms with Gasteiger partial charge in [-0.05, 0) is 65.0 Å². The number of thiophene rings is 1. The van der Waals surface area contributed by atoms with Crippen LogP contribution in [0.15, 0.2) is 16.3 Å². The number of halogens is 1. The Hall–Kier alpha value is -2.38. The van der Waals surface area contributed by atoms with Crippen molar-refractivity contribution in [1.82, 2.24) is 20.3 Å². The summed E-state index contributed by atoms with van der Waals surface area (Å²) < 4.78 is 32.9. The van der Waals surface area contributed by atoms with E-state index in [2.05, 4.69) is 17.6 Å². The number of unbranched alkanes of at least 4 members (excludes halogenated alkanes) is 5. The van der Waals surface area contributed by atoms with Crippen LogP contribution in [0.1, 0.15) is 98.3 Å². The quantitative estimate of drug-likeness (QED) is 0.252. The monoisotopic (exact) mass is 646 g/mol. The summed E-state index contributed by atoms with van der Waals surface area (Å²) in [4.78, 5) is 54.1. The van der Waals surface area contributed by atoms with Crippen LogP contribution >= 0.6 is 22.9 Å². The Morgan fingerprint density at radius 3 is 2.38 bits per heavy atom. The lowest BCUT2D eigenvalue weighted by Gasteiger charge is -2.30. The molecule has 2 fully saturated rings. The van der Waals surface area contributed by atoms with Gasteiger partial charge in [-0.2, -0.15) is 0 Å². The zero-order valence-electron chi connectivity index (χ0n) is 24.8. The van der Waals surface area contributed by atoms with Crippen LogP contribution in [0, 0.1) is 0 Å². The number of hydrogen-bond acceptors (Lipinski definition) is 8. The van der Waals surface area contributed by atoms with Crippen LogP contribution in [-0.2, 0) is 29.1 Å². The molecular formula is C28H43ClN4O7S2. The smallest absolute Gasteiger partial charge is 0.408 e. The summed E-state index contributed by atoms with van der Waals surface area (Å²) in [7, 11) is -4.15. The van der Waals surface area contributed by atoms with Gasteiger partial charge in [-0.3, -0.25) is 14.4 Å². The number of ether oxygens (including phenoxy) is 1. The number of rotatable bonds is 14. The Kier molecular flexibility index (Phi) is 11.7. The van der Waals surface area contributed by atoms with Gasteiger partial charge in [0, 0.05) is 6.54 Å². The lowest BCUT2D eigenvalue weighted by atomic mass is 10.0. The van der Waals surface area contributed by atoms with Crippen molar-refractivity contribution in [3.05, 3.63) is 16.5 Å². The topological polar surface area (TPSA) is 151 Å². The molecule has 1 aromatic heterocycles. The van der Waals surface area contributed by atoms with Gasteiger partial charge in [0.2, 0.25) is 11.8 Å². The first-order valence-corrected chi connectivity index (χ1v) is 17.3. The lowest BCUT2D eigenvalue weighted by molar-refractivity contribution is -0.141. The first-order chi connectivity index (χ1) is 19.7. The third-order valence-corrected chi connectivity index (χ3v) is 10.3. The van der Waals surface area contributed by atoms with Gasteiger partial charge in [-0.25, -0.2) is 17.9 Å². The summed E-state index contributed by atoms with van der Waals surface area (Å²) in [5.74, 6) is -1.73. The molecule has 2 heterocycles. The fourth-order valence-electron chi connectivity index (χ4n) is 4.90. The average molecular weight is 647 g/mol. The molecule has 1 aliphatic carbocycles. The van der Waals surface area contributed by atoms with Crippen molar-refractivity contribution < 1.29 is 32.3 Å². The molecule has 0 radical (unpaired) electrons. The number of carbonyl (C=O) groups is 4.